The molecule has 2 aromatic rings. The fourth-order valence-corrected chi connectivity index (χ4v) is 3.69. The summed E-state index contributed by atoms with van der Waals surface area (Å²) in [5.41, 5.74) is 3.62. The molecule has 0 saturated heterocycles. The van der Waals surface area contributed by atoms with E-state index < -0.39 is 0 Å². The Balaban J connectivity index is 1.99. The van der Waals surface area contributed by atoms with Crippen molar-refractivity contribution in [2.75, 3.05) is 6.61 Å². The zero-order chi connectivity index (χ0) is 16.0. The second-order valence-electron chi connectivity index (χ2n) is 6.60. The first-order valence-corrected chi connectivity index (χ1v) is 8.75. The molecule has 0 atom stereocenters. The quantitative estimate of drug-likeness (QED) is 0.748. The van der Waals surface area contributed by atoms with Crippen LogP contribution >= 0.6 is 0 Å². The van der Waals surface area contributed by atoms with E-state index in [9.17, 15) is 5.11 Å². The number of rotatable bonds is 5. The number of hydrogen-bond acceptors (Lipinski definition) is 1. The average molecular weight is 306 g/mol. The normalized spacial score (nSPS) is 15.4. The van der Waals surface area contributed by atoms with Crippen LogP contribution in [0.25, 0.3) is 0 Å². The number of aliphatic hydroxyl groups is 1. The van der Waals surface area contributed by atoms with Gasteiger partial charge in [-0.1, -0.05) is 78.7 Å². The summed E-state index contributed by atoms with van der Waals surface area (Å²) in [7, 11) is 0. The van der Waals surface area contributed by atoms with E-state index in [-0.39, 0.29) is 12.0 Å². The molecule has 120 valence electrons. The zero-order valence-electron chi connectivity index (χ0n) is 13.7. The molecule has 2 aromatic carbocycles. The first kappa shape index (κ1) is 16.0. The van der Waals surface area contributed by atoms with E-state index in [0.717, 1.165) is 6.42 Å². The van der Waals surface area contributed by atoms with Crippen molar-refractivity contribution in [3.8, 4) is 0 Å². The highest BCUT2D eigenvalue weighted by Gasteiger charge is 2.32. The SMILES string of the molecule is OCC(CC=C1CCCCC1)(c1ccccc1)c1ccccc1. The third-order valence-electron chi connectivity index (χ3n) is 5.16. The second kappa shape index (κ2) is 7.61. The molecule has 3 rings (SSSR count). The molecule has 1 N–H and O–H groups in total. The standard InChI is InChI=1S/C22H26O/c23-18-22(20-12-6-2-7-13-20,21-14-8-3-9-15-21)17-16-19-10-4-1-5-11-19/h2-3,6-9,12-16,23H,1,4-5,10-11,17-18H2. The smallest absolute Gasteiger partial charge is 0.0571 e. The number of allylic oxidation sites excluding steroid dienone is 2. The highest BCUT2D eigenvalue weighted by molar-refractivity contribution is 5.40. The third-order valence-corrected chi connectivity index (χ3v) is 5.16. The molecule has 1 fully saturated rings. The average Bonchev–Trinajstić information content (AvgIpc) is 2.65. The lowest BCUT2D eigenvalue weighted by Gasteiger charge is -2.33. The van der Waals surface area contributed by atoms with Crippen molar-refractivity contribution in [3.63, 3.8) is 0 Å². The summed E-state index contributed by atoms with van der Waals surface area (Å²) in [5.74, 6) is 0. The molecule has 1 saturated carbocycles. The van der Waals surface area contributed by atoms with Crippen LogP contribution in [-0.2, 0) is 5.41 Å². The van der Waals surface area contributed by atoms with Crippen LogP contribution in [0.2, 0.25) is 0 Å². The molecule has 0 spiro atoms. The lowest BCUT2D eigenvalue weighted by atomic mass is 9.72. The molecule has 0 bridgehead atoms. The molecule has 1 aliphatic carbocycles. The van der Waals surface area contributed by atoms with Crippen LogP contribution in [0.4, 0.5) is 0 Å². The Morgan fingerprint density at radius 3 is 1.78 bits per heavy atom. The minimum absolute atomic E-state index is 0.130. The van der Waals surface area contributed by atoms with E-state index in [1.165, 1.54) is 43.2 Å². The molecule has 1 heteroatoms. The van der Waals surface area contributed by atoms with E-state index in [1.807, 2.05) is 12.1 Å². The second-order valence-corrected chi connectivity index (χ2v) is 6.60. The molecular weight excluding hydrogens is 280 g/mol. The van der Waals surface area contributed by atoms with Gasteiger partial charge in [0.05, 0.1) is 6.61 Å². The van der Waals surface area contributed by atoms with E-state index >= 15 is 0 Å². The van der Waals surface area contributed by atoms with E-state index in [0.29, 0.717) is 0 Å². The van der Waals surface area contributed by atoms with Gasteiger partial charge in [0.15, 0.2) is 0 Å². The predicted molar refractivity (Wildman–Crippen MR) is 96.5 cm³/mol. The summed E-state index contributed by atoms with van der Waals surface area (Å²) < 4.78 is 0. The first-order chi connectivity index (χ1) is 11.3. The number of benzene rings is 2. The van der Waals surface area contributed by atoms with Gasteiger partial charge >= 0.3 is 0 Å². The summed E-state index contributed by atoms with van der Waals surface area (Å²) >= 11 is 0. The lowest BCUT2D eigenvalue weighted by molar-refractivity contribution is 0.220. The highest BCUT2D eigenvalue weighted by atomic mass is 16.3. The van der Waals surface area contributed by atoms with Gasteiger partial charge in [0.1, 0.15) is 0 Å². The Morgan fingerprint density at radius 2 is 1.30 bits per heavy atom. The van der Waals surface area contributed by atoms with Crippen LogP contribution in [0.15, 0.2) is 72.3 Å². The van der Waals surface area contributed by atoms with Crippen LogP contribution in [0, 0.1) is 0 Å². The van der Waals surface area contributed by atoms with Crippen LogP contribution < -0.4 is 0 Å². The molecule has 23 heavy (non-hydrogen) atoms. The monoisotopic (exact) mass is 306 g/mol. The molecule has 1 nitrogen and oxygen atoms in total. The molecular formula is C22H26O. The zero-order valence-corrected chi connectivity index (χ0v) is 13.7. The molecule has 0 radical (unpaired) electrons. The maximum atomic E-state index is 10.4. The maximum Gasteiger partial charge on any atom is 0.0571 e. The van der Waals surface area contributed by atoms with Gasteiger partial charge in [-0.05, 0) is 43.2 Å². The van der Waals surface area contributed by atoms with Gasteiger partial charge < -0.3 is 5.11 Å². The minimum atomic E-state index is -0.340. The number of aliphatic hydroxyl groups excluding tert-OH is 1. The minimum Gasteiger partial charge on any atom is -0.395 e. The molecule has 0 unspecified atom stereocenters. The van der Waals surface area contributed by atoms with E-state index in [1.54, 1.807) is 5.57 Å². The molecule has 0 aromatic heterocycles. The lowest BCUT2D eigenvalue weighted by Crippen LogP contribution is -2.31. The summed E-state index contributed by atoms with van der Waals surface area (Å²) in [6.45, 7) is 0.130. The van der Waals surface area contributed by atoms with Crippen LogP contribution in [0.3, 0.4) is 0 Å². The first-order valence-electron chi connectivity index (χ1n) is 8.75. The summed E-state index contributed by atoms with van der Waals surface area (Å²) in [4.78, 5) is 0. The van der Waals surface area contributed by atoms with Gasteiger partial charge in [0, 0.05) is 5.41 Å². The van der Waals surface area contributed by atoms with Crippen LogP contribution in [-0.4, -0.2) is 11.7 Å². The predicted octanol–water partition coefficient (Wildman–Crippen LogP) is 5.25. The fraction of sp³-hybridized carbons (Fsp3) is 0.364. The molecule has 0 amide bonds. The Kier molecular flexibility index (Phi) is 5.30. The van der Waals surface area contributed by atoms with Crippen molar-refractivity contribution in [2.45, 2.75) is 43.9 Å². The van der Waals surface area contributed by atoms with Gasteiger partial charge in [0.2, 0.25) is 0 Å². The van der Waals surface area contributed by atoms with Crippen molar-refractivity contribution in [2.24, 2.45) is 0 Å². The Bertz CT molecular complexity index is 580. The van der Waals surface area contributed by atoms with Crippen molar-refractivity contribution < 1.29 is 5.11 Å². The van der Waals surface area contributed by atoms with Gasteiger partial charge in [0.25, 0.3) is 0 Å². The van der Waals surface area contributed by atoms with Gasteiger partial charge in [-0.25, -0.2) is 0 Å². The number of hydrogen-bond donors (Lipinski definition) is 1. The van der Waals surface area contributed by atoms with E-state index in [4.69, 9.17) is 0 Å². The third kappa shape index (κ3) is 3.56. The van der Waals surface area contributed by atoms with Crippen LogP contribution in [0.1, 0.15) is 49.7 Å². The van der Waals surface area contributed by atoms with Crippen molar-refractivity contribution in [3.05, 3.63) is 83.4 Å². The van der Waals surface area contributed by atoms with Gasteiger partial charge in [-0.2, -0.15) is 0 Å². The van der Waals surface area contributed by atoms with E-state index in [2.05, 4.69) is 54.6 Å². The molecule has 1 aliphatic rings. The van der Waals surface area contributed by atoms with Gasteiger partial charge in [-0.3, -0.25) is 0 Å². The van der Waals surface area contributed by atoms with Crippen LogP contribution in [0.5, 0.6) is 0 Å². The largest absolute Gasteiger partial charge is 0.395 e. The maximum absolute atomic E-state index is 10.4. The summed E-state index contributed by atoms with van der Waals surface area (Å²) in [5, 5.41) is 10.4. The van der Waals surface area contributed by atoms with Crippen molar-refractivity contribution in [1.82, 2.24) is 0 Å². The summed E-state index contributed by atoms with van der Waals surface area (Å²) in [6, 6.07) is 20.9. The Labute approximate surface area is 139 Å². The van der Waals surface area contributed by atoms with Crippen molar-refractivity contribution >= 4 is 0 Å². The Hall–Kier alpha value is -1.86. The fourth-order valence-electron chi connectivity index (χ4n) is 3.69. The highest BCUT2D eigenvalue weighted by Crippen LogP contribution is 2.37. The Morgan fingerprint density at radius 1 is 0.783 bits per heavy atom. The topological polar surface area (TPSA) is 20.2 Å². The van der Waals surface area contributed by atoms with Gasteiger partial charge in [-0.15, -0.1) is 0 Å². The molecule has 0 heterocycles. The molecule has 0 aliphatic heterocycles. The summed E-state index contributed by atoms with van der Waals surface area (Å²) in [6.07, 6.45) is 9.71. The van der Waals surface area contributed by atoms with Crippen molar-refractivity contribution in [1.29, 1.82) is 0 Å².